The summed E-state index contributed by atoms with van der Waals surface area (Å²) in [5.74, 6) is -5.15. The zero-order valence-corrected chi connectivity index (χ0v) is 24.2. The average molecular weight is 553 g/mol. The topological polar surface area (TPSA) is 138 Å². The maximum Gasteiger partial charge on any atom is 1.00 e. The Morgan fingerprint density at radius 2 is 1.89 bits per heavy atom. The van der Waals surface area contributed by atoms with Crippen molar-refractivity contribution in [2.75, 3.05) is 12.4 Å². The van der Waals surface area contributed by atoms with Crippen LogP contribution in [-0.2, 0) is 29.2 Å². The predicted molar refractivity (Wildman–Crippen MR) is 122 cm³/mol. The molecule has 4 rings (SSSR count). The summed E-state index contributed by atoms with van der Waals surface area (Å²) in [6.07, 6.45) is 0.0179. The summed E-state index contributed by atoms with van der Waals surface area (Å²) in [6, 6.07) is 0. The van der Waals surface area contributed by atoms with E-state index in [1.807, 2.05) is 6.92 Å². The molecule has 200 valence electrons. The molecular weight excluding hydrogens is 521 g/mol. The first kappa shape index (κ1) is 30.6. The van der Waals surface area contributed by atoms with Crippen LogP contribution in [-0.4, -0.2) is 65.9 Å². The molecular formula is C25H31F2NaO8S. The summed E-state index contributed by atoms with van der Waals surface area (Å²) in [7, 11) is -4.61. The van der Waals surface area contributed by atoms with Crippen molar-refractivity contribution < 1.29 is 75.5 Å². The van der Waals surface area contributed by atoms with Crippen LogP contribution in [0.5, 0.6) is 0 Å². The normalized spacial score (nSPS) is 42.6. The Hall–Kier alpha value is -0.980. The number of aliphatic hydroxyl groups excluding tert-OH is 1. The van der Waals surface area contributed by atoms with E-state index in [1.165, 1.54) is 19.1 Å². The van der Waals surface area contributed by atoms with E-state index in [2.05, 4.69) is 0 Å². The molecule has 0 aromatic rings. The van der Waals surface area contributed by atoms with Gasteiger partial charge in [0.15, 0.2) is 17.2 Å². The van der Waals surface area contributed by atoms with Crippen LogP contribution in [0.15, 0.2) is 23.8 Å². The maximum absolute atomic E-state index is 17.1. The molecule has 1 N–H and O–H groups in total. The van der Waals surface area contributed by atoms with Crippen LogP contribution in [0, 0.1) is 34.5 Å². The molecule has 3 saturated carbocycles. The van der Waals surface area contributed by atoms with Crippen LogP contribution in [0.4, 0.5) is 8.78 Å². The van der Waals surface area contributed by atoms with Crippen molar-refractivity contribution >= 4 is 27.7 Å². The van der Waals surface area contributed by atoms with Crippen LogP contribution in [0.3, 0.4) is 0 Å². The van der Waals surface area contributed by atoms with Crippen molar-refractivity contribution in [2.45, 2.75) is 64.4 Å². The van der Waals surface area contributed by atoms with E-state index in [0.717, 1.165) is 6.08 Å². The number of allylic oxidation sites excluding steroid dienone is 4. The third-order valence-electron chi connectivity index (χ3n) is 9.25. The van der Waals surface area contributed by atoms with Gasteiger partial charge >= 0.3 is 35.5 Å². The van der Waals surface area contributed by atoms with E-state index < -0.39 is 93.0 Å². The molecule has 0 aromatic carbocycles. The van der Waals surface area contributed by atoms with Gasteiger partial charge in [0.25, 0.3) is 0 Å². The number of ether oxygens (including phenoxy) is 1. The summed E-state index contributed by atoms with van der Waals surface area (Å²) in [4.78, 5) is 36.9. The summed E-state index contributed by atoms with van der Waals surface area (Å²) < 4.78 is 69.5. The van der Waals surface area contributed by atoms with Gasteiger partial charge in [-0.15, -0.1) is 0 Å². The minimum absolute atomic E-state index is 0. The SMILES string of the molecule is C[C@@H]1CC2C3C[C@H](F)C4=CC(=O)C=C[C@]4(C)[C@@]3(F)[C@@H](O)C[C@@]2(C)[C@H]1C(=O)COC(=O)CCS(=O)(=O)[O-].[Na+]. The van der Waals surface area contributed by atoms with Crippen molar-refractivity contribution in [2.24, 2.45) is 34.5 Å². The van der Waals surface area contributed by atoms with Crippen molar-refractivity contribution in [3.8, 4) is 0 Å². The summed E-state index contributed by atoms with van der Waals surface area (Å²) >= 11 is 0. The Bertz CT molecular complexity index is 1160. The van der Waals surface area contributed by atoms with E-state index in [4.69, 9.17) is 4.74 Å². The van der Waals surface area contributed by atoms with Gasteiger partial charge in [-0.2, -0.15) is 0 Å². The molecule has 9 atom stereocenters. The zero-order chi connectivity index (χ0) is 26.8. The average Bonchev–Trinajstić information content (AvgIpc) is 3.03. The fourth-order valence-corrected chi connectivity index (χ4v) is 8.20. The van der Waals surface area contributed by atoms with E-state index in [1.54, 1.807) is 6.92 Å². The summed E-state index contributed by atoms with van der Waals surface area (Å²) in [5, 5.41) is 11.3. The largest absolute Gasteiger partial charge is 1.00 e. The van der Waals surface area contributed by atoms with E-state index in [9.17, 15) is 32.5 Å². The minimum Gasteiger partial charge on any atom is -0.748 e. The van der Waals surface area contributed by atoms with Gasteiger partial charge in [-0.25, -0.2) is 17.2 Å². The van der Waals surface area contributed by atoms with Gasteiger partial charge < -0.3 is 14.4 Å². The second-order valence-electron chi connectivity index (χ2n) is 11.3. The number of carbonyl (C=O) groups excluding carboxylic acids is 3. The molecule has 0 heterocycles. The van der Waals surface area contributed by atoms with Crippen molar-refractivity contribution in [1.82, 2.24) is 0 Å². The van der Waals surface area contributed by atoms with E-state index >= 15 is 8.78 Å². The molecule has 8 nitrogen and oxygen atoms in total. The molecule has 37 heavy (non-hydrogen) atoms. The molecule has 0 bridgehead atoms. The Morgan fingerprint density at radius 3 is 2.51 bits per heavy atom. The Kier molecular flexibility index (Phi) is 8.43. The molecule has 0 aliphatic heterocycles. The van der Waals surface area contributed by atoms with Crippen molar-refractivity contribution in [3.05, 3.63) is 23.8 Å². The van der Waals surface area contributed by atoms with Gasteiger partial charge in [0, 0.05) is 23.0 Å². The number of fused-ring (bicyclic) bond motifs is 5. The first-order valence-electron chi connectivity index (χ1n) is 12.1. The number of esters is 1. The smallest absolute Gasteiger partial charge is 0.748 e. The number of hydrogen-bond acceptors (Lipinski definition) is 8. The van der Waals surface area contributed by atoms with Crippen LogP contribution < -0.4 is 29.6 Å². The summed E-state index contributed by atoms with van der Waals surface area (Å²) in [6.45, 7) is 4.46. The predicted octanol–water partition coefficient (Wildman–Crippen LogP) is -0.781. The Balaban J connectivity index is 0.00000380. The van der Waals surface area contributed by atoms with Crippen molar-refractivity contribution in [3.63, 3.8) is 0 Å². The maximum atomic E-state index is 17.1. The molecule has 4 aliphatic rings. The third-order valence-corrected chi connectivity index (χ3v) is 9.95. The number of halogens is 2. The number of alkyl halides is 2. The standard InChI is InChI=1S/C25H32F2O8S.Na/c1-13-8-15-16-10-18(26)17-9-14(28)4-6-24(17,3)25(16,27)20(30)11-23(15,2)22(13)19(29)12-35-21(31)5-7-36(32,33)34;/h4,6,9,13,15-16,18,20,22,30H,5,7-8,10-12H2,1-3H3,(H,32,33,34);/q;+1/p-1/t13-,15?,16?,18+,20+,22-,23-,24+,25+;/m1./s1. The number of rotatable bonds is 6. The molecule has 0 saturated heterocycles. The number of aliphatic hydroxyl groups is 1. The molecule has 0 spiro atoms. The Labute approximate surface area is 237 Å². The third kappa shape index (κ3) is 4.93. The number of Topliss-reactive ketones (excluding diaryl/α,β-unsaturated/α-hetero) is 1. The molecule has 2 unspecified atom stereocenters. The quantitative estimate of drug-likeness (QED) is 0.257. The molecule has 4 aliphatic carbocycles. The second-order valence-corrected chi connectivity index (χ2v) is 12.8. The van der Waals surface area contributed by atoms with Crippen LogP contribution in [0.1, 0.15) is 46.5 Å². The molecule has 12 heteroatoms. The van der Waals surface area contributed by atoms with Crippen LogP contribution in [0.25, 0.3) is 0 Å². The van der Waals surface area contributed by atoms with E-state index in [0.29, 0.717) is 6.42 Å². The van der Waals surface area contributed by atoms with Gasteiger partial charge in [-0.05, 0) is 61.2 Å². The monoisotopic (exact) mass is 552 g/mol. The molecule has 0 radical (unpaired) electrons. The van der Waals surface area contributed by atoms with E-state index in [-0.39, 0.29) is 53.9 Å². The zero-order valence-electron chi connectivity index (χ0n) is 21.4. The number of hydrogen-bond donors (Lipinski definition) is 1. The minimum atomic E-state index is -4.61. The van der Waals surface area contributed by atoms with Gasteiger partial charge in [0.2, 0.25) is 0 Å². The summed E-state index contributed by atoms with van der Waals surface area (Å²) in [5.41, 5.74) is -4.61. The fourth-order valence-electron chi connectivity index (χ4n) is 7.78. The van der Waals surface area contributed by atoms with Gasteiger partial charge in [0.05, 0.1) is 22.6 Å². The van der Waals surface area contributed by atoms with Crippen LogP contribution in [0.2, 0.25) is 0 Å². The molecule has 3 fully saturated rings. The van der Waals surface area contributed by atoms with Gasteiger partial charge in [0.1, 0.15) is 12.8 Å². The second kappa shape index (κ2) is 10.2. The van der Waals surface area contributed by atoms with Crippen LogP contribution >= 0.6 is 0 Å². The van der Waals surface area contributed by atoms with Gasteiger partial charge in [-0.3, -0.25) is 14.4 Å². The Morgan fingerprint density at radius 1 is 1.24 bits per heavy atom. The first-order valence-corrected chi connectivity index (χ1v) is 13.7. The fraction of sp³-hybridized carbons (Fsp3) is 0.720. The molecule has 0 aromatic heterocycles. The number of carbonyl (C=O) groups is 3. The molecule has 0 amide bonds. The first-order chi connectivity index (χ1) is 16.5. The van der Waals surface area contributed by atoms with Crippen molar-refractivity contribution in [1.29, 1.82) is 0 Å². The van der Waals surface area contributed by atoms with Gasteiger partial charge in [-0.1, -0.05) is 19.9 Å². The number of ketones is 2.